The van der Waals surface area contributed by atoms with Gasteiger partial charge in [0.15, 0.2) is 17.2 Å². The van der Waals surface area contributed by atoms with Crippen molar-refractivity contribution in [2.45, 2.75) is 11.4 Å². The molecule has 2 heterocycles. The van der Waals surface area contributed by atoms with Crippen LogP contribution in [0.15, 0.2) is 63.0 Å². The van der Waals surface area contributed by atoms with Crippen molar-refractivity contribution in [3.8, 4) is 11.5 Å². The predicted molar refractivity (Wildman–Crippen MR) is 123 cm³/mol. The zero-order valence-electron chi connectivity index (χ0n) is 17.4. The van der Waals surface area contributed by atoms with Gasteiger partial charge in [0.2, 0.25) is 5.91 Å². The van der Waals surface area contributed by atoms with Gasteiger partial charge in [-0.2, -0.15) is 0 Å². The van der Waals surface area contributed by atoms with Crippen LogP contribution in [0.1, 0.15) is 5.56 Å². The van der Waals surface area contributed by atoms with Crippen molar-refractivity contribution in [2.75, 3.05) is 36.6 Å². The summed E-state index contributed by atoms with van der Waals surface area (Å²) in [6.45, 7) is 1.15. The molecule has 0 spiro atoms. The molecule has 3 N–H and O–H groups in total. The number of ether oxygens (including phenoxy) is 2. The predicted octanol–water partition coefficient (Wildman–Crippen LogP) is 1.69. The average molecular weight is 455 g/mol. The minimum atomic E-state index is -0.711. The Balaban J connectivity index is 1.52. The third kappa shape index (κ3) is 4.50. The number of carbonyl (C=O) groups is 1. The molecule has 4 rings (SSSR count). The van der Waals surface area contributed by atoms with Crippen LogP contribution in [0.3, 0.4) is 0 Å². The molecule has 0 bridgehead atoms. The molecule has 0 saturated carbocycles. The molecule has 0 radical (unpaired) electrons. The zero-order chi connectivity index (χ0) is 22.7. The van der Waals surface area contributed by atoms with Crippen molar-refractivity contribution < 1.29 is 14.3 Å². The van der Waals surface area contributed by atoms with E-state index < -0.39 is 11.2 Å². The van der Waals surface area contributed by atoms with E-state index in [0.717, 1.165) is 10.5 Å². The lowest BCUT2D eigenvalue weighted by atomic mass is 10.2. The van der Waals surface area contributed by atoms with E-state index in [9.17, 15) is 14.4 Å². The minimum absolute atomic E-state index is 0.0618. The SMILES string of the molecule is CN(C(=O)CSc1ccc2c(c1)OCCO2)c1c(N)n(Cc2ccccc2)c(=O)[nH]c1=O. The zero-order valence-corrected chi connectivity index (χ0v) is 18.2. The lowest BCUT2D eigenvalue weighted by Crippen LogP contribution is -2.40. The number of benzene rings is 2. The first-order valence-corrected chi connectivity index (χ1v) is 10.9. The van der Waals surface area contributed by atoms with E-state index in [4.69, 9.17) is 15.2 Å². The quantitative estimate of drug-likeness (QED) is 0.544. The summed E-state index contributed by atoms with van der Waals surface area (Å²) in [5.41, 5.74) is 5.60. The van der Waals surface area contributed by atoms with Crippen molar-refractivity contribution in [2.24, 2.45) is 0 Å². The van der Waals surface area contributed by atoms with Crippen LogP contribution >= 0.6 is 11.8 Å². The molecule has 9 nitrogen and oxygen atoms in total. The highest BCUT2D eigenvalue weighted by Crippen LogP contribution is 2.34. The topological polar surface area (TPSA) is 120 Å². The summed E-state index contributed by atoms with van der Waals surface area (Å²) < 4.78 is 12.3. The molecule has 3 aromatic rings. The molecule has 0 aliphatic carbocycles. The lowest BCUT2D eigenvalue weighted by Gasteiger charge is -2.21. The molecular weight excluding hydrogens is 432 g/mol. The Morgan fingerprint density at radius 3 is 2.59 bits per heavy atom. The molecule has 0 fully saturated rings. The second-order valence-corrected chi connectivity index (χ2v) is 8.16. The maximum absolute atomic E-state index is 12.8. The highest BCUT2D eigenvalue weighted by molar-refractivity contribution is 8.00. The van der Waals surface area contributed by atoms with Crippen LogP contribution in [-0.4, -0.2) is 41.5 Å². The van der Waals surface area contributed by atoms with E-state index in [-0.39, 0.29) is 29.7 Å². The number of H-pyrrole nitrogens is 1. The van der Waals surface area contributed by atoms with Crippen LogP contribution in [0.5, 0.6) is 11.5 Å². The molecule has 32 heavy (non-hydrogen) atoms. The van der Waals surface area contributed by atoms with Crippen LogP contribution < -0.4 is 31.4 Å². The monoisotopic (exact) mass is 454 g/mol. The number of rotatable bonds is 6. The number of hydrogen-bond acceptors (Lipinski definition) is 7. The number of hydrogen-bond donors (Lipinski definition) is 2. The Morgan fingerprint density at radius 2 is 1.84 bits per heavy atom. The van der Waals surface area contributed by atoms with Gasteiger partial charge in [0.05, 0.1) is 12.3 Å². The van der Waals surface area contributed by atoms with Crippen molar-refractivity contribution in [3.63, 3.8) is 0 Å². The van der Waals surface area contributed by atoms with Gasteiger partial charge in [-0.15, -0.1) is 11.8 Å². The Hall–Kier alpha value is -3.66. The lowest BCUT2D eigenvalue weighted by molar-refractivity contribution is -0.115. The van der Waals surface area contributed by atoms with Gasteiger partial charge in [-0.05, 0) is 23.8 Å². The second kappa shape index (κ2) is 9.23. The number of fused-ring (bicyclic) bond motifs is 1. The molecule has 1 amide bonds. The molecule has 1 aromatic heterocycles. The summed E-state index contributed by atoms with van der Waals surface area (Å²) in [6, 6.07) is 14.7. The van der Waals surface area contributed by atoms with E-state index >= 15 is 0 Å². The van der Waals surface area contributed by atoms with E-state index in [2.05, 4.69) is 4.98 Å². The molecule has 0 saturated heterocycles. The smallest absolute Gasteiger partial charge is 0.330 e. The number of aromatic amines is 1. The Bertz CT molecular complexity index is 1260. The Morgan fingerprint density at radius 1 is 1.12 bits per heavy atom. The van der Waals surface area contributed by atoms with Gasteiger partial charge < -0.3 is 20.1 Å². The van der Waals surface area contributed by atoms with Crippen LogP contribution in [-0.2, 0) is 11.3 Å². The second-order valence-electron chi connectivity index (χ2n) is 7.11. The molecule has 10 heteroatoms. The number of amides is 1. The number of carbonyl (C=O) groups excluding carboxylic acids is 1. The van der Waals surface area contributed by atoms with Crippen molar-refractivity contribution in [1.82, 2.24) is 9.55 Å². The normalized spacial score (nSPS) is 12.4. The summed E-state index contributed by atoms with van der Waals surface area (Å²) in [4.78, 5) is 41.9. The van der Waals surface area contributed by atoms with Crippen LogP contribution in [0.2, 0.25) is 0 Å². The van der Waals surface area contributed by atoms with Crippen LogP contribution in [0.25, 0.3) is 0 Å². The minimum Gasteiger partial charge on any atom is -0.486 e. The molecule has 0 atom stereocenters. The van der Waals surface area contributed by atoms with Crippen molar-refractivity contribution >= 4 is 29.2 Å². The number of anilines is 2. The Kier molecular flexibility index (Phi) is 6.22. The van der Waals surface area contributed by atoms with Gasteiger partial charge in [0.1, 0.15) is 19.0 Å². The van der Waals surface area contributed by atoms with Crippen LogP contribution in [0.4, 0.5) is 11.5 Å². The number of thioether (sulfide) groups is 1. The summed E-state index contributed by atoms with van der Waals surface area (Å²) >= 11 is 1.30. The van der Waals surface area contributed by atoms with Crippen molar-refractivity contribution in [1.29, 1.82) is 0 Å². The van der Waals surface area contributed by atoms with E-state index in [1.54, 1.807) is 6.07 Å². The van der Waals surface area contributed by atoms with Gasteiger partial charge in [-0.1, -0.05) is 30.3 Å². The van der Waals surface area contributed by atoms with Crippen LogP contribution in [0, 0.1) is 0 Å². The van der Waals surface area contributed by atoms with Gasteiger partial charge in [0, 0.05) is 11.9 Å². The number of nitrogen functional groups attached to an aromatic ring is 1. The summed E-state index contributed by atoms with van der Waals surface area (Å²) in [7, 11) is 1.46. The standard InChI is InChI=1S/C22H22N4O5S/c1-25(18(27)13-32-15-7-8-16-17(11-15)31-10-9-30-16)19-20(23)26(22(29)24-21(19)28)12-14-5-3-2-4-6-14/h2-8,11H,9-10,12-13,23H2,1H3,(H,24,28,29). The maximum atomic E-state index is 12.8. The first kappa shape index (κ1) is 21.6. The van der Waals surface area contributed by atoms with E-state index in [0.29, 0.717) is 24.7 Å². The molecule has 1 aliphatic rings. The molecule has 166 valence electrons. The third-order valence-corrected chi connectivity index (χ3v) is 5.96. The fourth-order valence-electron chi connectivity index (χ4n) is 3.30. The largest absolute Gasteiger partial charge is 0.486 e. The van der Waals surface area contributed by atoms with E-state index in [1.165, 1.54) is 28.3 Å². The number of nitrogens with two attached hydrogens (primary N) is 1. The molecular formula is C22H22N4O5S. The van der Waals surface area contributed by atoms with Gasteiger partial charge in [-0.25, -0.2) is 4.79 Å². The molecule has 1 aliphatic heterocycles. The molecule has 2 aromatic carbocycles. The van der Waals surface area contributed by atoms with Crippen molar-refractivity contribution in [3.05, 3.63) is 74.9 Å². The number of nitrogens with one attached hydrogen (secondary N) is 1. The first-order chi connectivity index (χ1) is 15.4. The summed E-state index contributed by atoms with van der Waals surface area (Å²) in [5, 5.41) is 0. The summed E-state index contributed by atoms with van der Waals surface area (Å²) in [6.07, 6.45) is 0. The van der Waals surface area contributed by atoms with Gasteiger partial charge in [-0.3, -0.25) is 19.1 Å². The Labute approximate surface area is 187 Å². The number of nitrogens with zero attached hydrogens (tertiary/aromatic N) is 2. The highest BCUT2D eigenvalue weighted by Gasteiger charge is 2.21. The van der Waals surface area contributed by atoms with E-state index in [1.807, 2.05) is 42.5 Å². The maximum Gasteiger partial charge on any atom is 0.330 e. The third-order valence-electron chi connectivity index (χ3n) is 4.98. The first-order valence-electron chi connectivity index (χ1n) is 9.89. The highest BCUT2D eigenvalue weighted by atomic mass is 32.2. The average Bonchev–Trinajstić information content (AvgIpc) is 2.80. The summed E-state index contributed by atoms with van der Waals surface area (Å²) in [5.74, 6) is 0.960. The van der Waals surface area contributed by atoms with Gasteiger partial charge >= 0.3 is 5.69 Å². The van der Waals surface area contributed by atoms with Gasteiger partial charge in [0.25, 0.3) is 5.56 Å². The fraction of sp³-hybridized carbons (Fsp3) is 0.227. The number of aromatic nitrogens is 2. The fourth-order valence-corrected chi connectivity index (χ4v) is 4.14. The molecule has 0 unspecified atom stereocenters.